The Labute approximate surface area is 134 Å². The maximum absolute atomic E-state index is 11.1. The van der Waals surface area contributed by atoms with Crippen LogP contribution in [0.15, 0.2) is 24.9 Å². The van der Waals surface area contributed by atoms with Gasteiger partial charge in [0.15, 0.2) is 10.5 Å². The molecule has 9 nitrogen and oxygen atoms in total. The Morgan fingerprint density at radius 1 is 1.39 bits per heavy atom. The van der Waals surface area contributed by atoms with Gasteiger partial charge in [-0.2, -0.15) is 0 Å². The Balaban J connectivity index is 1.48. The lowest BCUT2D eigenvalue weighted by Crippen LogP contribution is -2.26. The van der Waals surface area contributed by atoms with Crippen molar-refractivity contribution in [2.45, 2.75) is 12.5 Å². The van der Waals surface area contributed by atoms with Gasteiger partial charge >= 0.3 is 5.97 Å². The Kier molecular flexibility index (Phi) is 3.30. The van der Waals surface area contributed by atoms with Crippen molar-refractivity contribution in [1.29, 1.82) is 0 Å². The zero-order chi connectivity index (χ0) is 15.8. The highest BCUT2D eigenvalue weighted by Gasteiger charge is 2.25. The van der Waals surface area contributed by atoms with Crippen LogP contribution in [0.5, 0.6) is 0 Å². The van der Waals surface area contributed by atoms with Crippen LogP contribution in [0.4, 0.5) is 10.9 Å². The minimum absolute atomic E-state index is 0.0307. The predicted molar refractivity (Wildman–Crippen MR) is 84.1 cm³/mol. The third-order valence-corrected chi connectivity index (χ3v) is 4.66. The van der Waals surface area contributed by atoms with E-state index in [4.69, 9.17) is 5.11 Å². The van der Waals surface area contributed by atoms with Crippen molar-refractivity contribution >= 4 is 33.1 Å². The normalized spacial score (nSPS) is 17.7. The molecule has 10 heteroatoms. The standard InChI is InChI=1S/C13H13N7O2S/c21-12(22)10-11-20(7-16-10)18-13(23-11)17-8-1-4-19(6-8)9-5-14-2-3-15-9/h2-3,5,7-8H,1,4,6H2,(H,17,18)(H,21,22). The Morgan fingerprint density at radius 3 is 3.09 bits per heavy atom. The van der Waals surface area contributed by atoms with E-state index in [1.54, 1.807) is 18.6 Å². The van der Waals surface area contributed by atoms with Crippen LogP contribution in [0.3, 0.4) is 0 Å². The van der Waals surface area contributed by atoms with Crippen molar-refractivity contribution in [2.75, 3.05) is 23.3 Å². The molecule has 0 bridgehead atoms. The van der Waals surface area contributed by atoms with Gasteiger partial charge in [-0.15, -0.1) is 5.10 Å². The number of hydrogen-bond acceptors (Lipinski definition) is 8. The van der Waals surface area contributed by atoms with E-state index in [-0.39, 0.29) is 11.7 Å². The summed E-state index contributed by atoms with van der Waals surface area (Å²) in [6.45, 7) is 1.69. The SMILES string of the molecule is O=C(O)c1ncn2nc(NC3CCN(c4cnccn4)C3)sc12. The van der Waals surface area contributed by atoms with Crippen molar-refractivity contribution in [3.63, 3.8) is 0 Å². The molecule has 3 aromatic heterocycles. The van der Waals surface area contributed by atoms with E-state index in [2.05, 4.69) is 30.3 Å². The smallest absolute Gasteiger partial charge is 0.357 e. The van der Waals surface area contributed by atoms with Gasteiger partial charge in [-0.05, 0) is 6.42 Å². The highest BCUT2D eigenvalue weighted by molar-refractivity contribution is 7.21. The number of carbonyl (C=O) groups is 1. The number of rotatable bonds is 4. The summed E-state index contributed by atoms with van der Waals surface area (Å²) in [4.78, 5) is 26.0. The summed E-state index contributed by atoms with van der Waals surface area (Å²) in [6.07, 6.45) is 7.46. The molecule has 1 saturated heterocycles. The van der Waals surface area contributed by atoms with Gasteiger partial charge < -0.3 is 15.3 Å². The van der Waals surface area contributed by atoms with Gasteiger partial charge in [0.2, 0.25) is 5.13 Å². The molecule has 1 atom stereocenters. The fourth-order valence-electron chi connectivity index (χ4n) is 2.63. The number of aromatic nitrogens is 5. The molecule has 0 radical (unpaired) electrons. The van der Waals surface area contributed by atoms with Crippen LogP contribution >= 0.6 is 11.3 Å². The number of nitrogens with one attached hydrogen (secondary N) is 1. The molecule has 0 amide bonds. The van der Waals surface area contributed by atoms with Crippen LogP contribution in [0, 0.1) is 0 Å². The lowest BCUT2D eigenvalue weighted by atomic mass is 10.3. The molecule has 1 fully saturated rings. The molecule has 1 aliphatic heterocycles. The fraction of sp³-hybridized carbons (Fsp3) is 0.308. The van der Waals surface area contributed by atoms with E-state index >= 15 is 0 Å². The predicted octanol–water partition coefficient (Wildman–Crippen LogP) is 0.970. The van der Waals surface area contributed by atoms with Crippen molar-refractivity contribution in [1.82, 2.24) is 24.6 Å². The summed E-state index contributed by atoms with van der Waals surface area (Å²) in [5.74, 6) is -0.182. The second kappa shape index (κ2) is 5.47. The topological polar surface area (TPSA) is 109 Å². The van der Waals surface area contributed by atoms with Crippen LogP contribution < -0.4 is 10.2 Å². The van der Waals surface area contributed by atoms with E-state index in [0.29, 0.717) is 9.96 Å². The highest BCUT2D eigenvalue weighted by atomic mass is 32.1. The van der Waals surface area contributed by atoms with Crippen molar-refractivity contribution in [3.05, 3.63) is 30.6 Å². The largest absolute Gasteiger partial charge is 0.476 e. The average molecular weight is 331 g/mol. The molecule has 4 heterocycles. The maximum Gasteiger partial charge on any atom is 0.357 e. The summed E-state index contributed by atoms with van der Waals surface area (Å²) in [5, 5.41) is 17.5. The van der Waals surface area contributed by atoms with Crippen LogP contribution in [-0.4, -0.2) is 54.8 Å². The molecule has 0 spiro atoms. The molecule has 1 aliphatic rings. The fourth-order valence-corrected chi connectivity index (χ4v) is 3.58. The number of carboxylic acids is 1. The van der Waals surface area contributed by atoms with Crippen molar-refractivity contribution in [2.24, 2.45) is 0 Å². The number of fused-ring (bicyclic) bond motifs is 1. The molecular formula is C13H13N7O2S. The molecule has 2 N–H and O–H groups in total. The molecule has 23 heavy (non-hydrogen) atoms. The van der Waals surface area contributed by atoms with Crippen molar-refractivity contribution < 1.29 is 9.90 Å². The number of anilines is 2. The summed E-state index contributed by atoms with van der Waals surface area (Å²) < 4.78 is 1.49. The average Bonchev–Trinajstić information content (AvgIpc) is 3.23. The molecule has 1 unspecified atom stereocenters. The zero-order valence-corrected chi connectivity index (χ0v) is 12.8. The van der Waals surface area contributed by atoms with Gasteiger partial charge in [0.25, 0.3) is 0 Å². The second-order valence-electron chi connectivity index (χ2n) is 5.19. The lowest BCUT2D eigenvalue weighted by Gasteiger charge is -2.16. The monoisotopic (exact) mass is 331 g/mol. The van der Waals surface area contributed by atoms with Gasteiger partial charge in [0.1, 0.15) is 12.1 Å². The number of nitrogens with zero attached hydrogens (tertiary/aromatic N) is 6. The number of aromatic carboxylic acids is 1. The number of hydrogen-bond donors (Lipinski definition) is 2. The van der Waals surface area contributed by atoms with Crippen LogP contribution in [0.2, 0.25) is 0 Å². The Bertz CT molecular complexity index is 847. The molecule has 4 rings (SSSR count). The lowest BCUT2D eigenvalue weighted by molar-refractivity contribution is 0.0693. The van der Waals surface area contributed by atoms with Crippen LogP contribution in [0.1, 0.15) is 16.9 Å². The molecule has 0 saturated carbocycles. The number of carboxylic acid groups (broad SMARTS) is 1. The van der Waals surface area contributed by atoms with E-state index in [1.165, 1.54) is 22.2 Å². The van der Waals surface area contributed by atoms with Gasteiger partial charge in [0.05, 0.1) is 6.20 Å². The molecule has 3 aromatic rings. The van der Waals surface area contributed by atoms with Crippen molar-refractivity contribution in [3.8, 4) is 0 Å². The molecule has 118 valence electrons. The first-order valence-corrected chi connectivity index (χ1v) is 7.87. The van der Waals surface area contributed by atoms with Gasteiger partial charge in [0, 0.05) is 31.5 Å². The number of imidazole rings is 1. The van der Waals surface area contributed by atoms with Gasteiger partial charge in [-0.3, -0.25) is 4.98 Å². The van der Waals surface area contributed by atoms with Crippen LogP contribution in [0.25, 0.3) is 4.83 Å². The summed E-state index contributed by atoms with van der Waals surface area (Å²) in [7, 11) is 0. The maximum atomic E-state index is 11.1. The van der Waals surface area contributed by atoms with Gasteiger partial charge in [-0.25, -0.2) is 19.3 Å². The summed E-state index contributed by atoms with van der Waals surface area (Å²) >= 11 is 1.29. The minimum Gasteiger partial charge on any atom is -0.476 e. The highest BCUT2D eigenvalue weighted by Crippen LogP contribution is 2.25. The Morgan fingerprint density at radius 2 is 2.30 bits per heavy atom. The second-order valence-corrected chi connectivity index (χ2v) is 6.17. The minimum atomic E-state index is -1.04. The first kappa shape index (κ1) is 13.9. The van der Waals surface area contributed by atoms with E-state index < -0.39 is 5.97 Å². The van der Waals surface area contributed by atoms with Gasteiger partial charge in [-0.1, -0.05) is 11.3 Å². The Hall–Kier alpha value is -2.75. The van der Waals surface area contributed by atoms with E-state index in [9.17, 15) is 4.79 Å². The summed E-state index contributed by atoms with van der Waals surface area (Å²) in [6, 6.07) is 0.231. The third kappa shape index (κ3) is 2.57. The first-order valence-electron chi connectivity index (χ1n) is 7.05. The summed E-state index contributed by atoms with van der Waals surface area (Å²) in [5.41, 5.74) is 0.0307. The first-order chi connectivity index (χ1) is 11.2. The van der Waals surface area contributed by atoms with E-state index in [0.717, 1.165) is 25.3 Å². The zero-order valence-electron chi connectivity index (χ0n) is 12.0. The van der Waals surface area contributed by atoms with Crippen LogP contribution in [-0.2, 0) is 0 Å². The van der Waals surface area contributed by atoms with E-state index in [1.807, 2.05) is 0 Å². The third-order valence-electron chi connectivity index (χ3n) is 3.69. The molecule has 0 aromatic carbocycles. The quantitative estimate of drug-likeness (QED) is 0.728. The molecular weight excluding hydrogens is 318 g/mol. The molecule has 0 aliphatic carbocycles.